The van der Waals surface area contributed by atoms with Crippen LogP contribution in [-0.4, -0.2) is 25.9 Å². The molecule has 16 heavy (non-hydrogen) atoms. The number of halogens is 2. The van der Waals surface area contributed by atoms with Crippen molar-refractivity contribution >= 4 is 28.9 Å². The first kappa shape index (κ1) is 11.7. The molecule has 5 heteroatoms. The van der Waals surface area contributed by atoms with Crippen molar-refractivity contribution in [1.82, 2.24) is 5.32 Å². The lowest BCUT2D eigenvalue weighted by Gasteiger charge is -2.10. The summed E-state index contributed by atoms with van der Waals surface area (Å²) in [4.78, 5) is 5.12. The normalized spacial score (nSPS) is 19.4. The van der Waals surface area contributed by atoms with Gasteiger partial charge in [-0.1, -0.05) is 34.4 Å². The summed E-state index contributed by atoms with van der Waals surface area (Å²) >= 11 is 11.8. The summed E-state index contributed by atoms with van der Waals surface area (Å²) in [7, 11) is 1.91. The molecule has 86 valence electrons. The molecule has 0 bridgehead atoms. The Morgan fingerprint density at radius 2 is 2.25 bits per heavy atom. The Labute approximate surface area is 104 Å². The summed E-state index contributed by atoms with van der Waals surface area (Å²) in [6, 6.07) is 5.50. The number of rotatable bonds is 3. The van der Waals surface area contributed by atoms with Crippen LogP contribution in [0.3, 0.4) is 0 Å². The first-order chi connectivity index (χ1) is 7.72. The number of benzene rings is 1. The van der Waals surface area contributed by atoms with E-state index >= 15 is 0 Å². The second-order valence-corrected chi connectivity index (χ2v) is 4.47. The first-order valence-electron chi connectivity index (χ1n) is 5.02. The summed E-state index contributed by atoms with van der Waals surface area (Å²) in [5.74, 6) is 0.266. The number of nitrogens with one attached hydrogen (secondary N) is 1. The highest BCUT2D eigenvalue weighted by atomic mass is 35.5. The van der Waals surface area contributed by atoms with Crippen LogP contribution in [0.15, 0.2) is 23.4 Å². The largest absolute Gasteiger partial charge is 0.395 e. The Hall–Kier alpha value is -0.770. The van der Waals surface area contributed by atoms with Crippen LogP contribution in [0.1, 0.15) is 5.56 Å². The third kappa shape index (κ3) is 2.32. The predicted octanol–water partition coefficient (Wildman–Crippen LogP) is 2.56. The van der Waals surface area contributed by atoms with Gasteiger partial charge in [0.05, 0.1) is 21.7 Å². The monoisotopic (exact) mass is 258 g/mol. The molecule has 0 aromatic heterocycles. The minimum atomic E-state index is 0.266. The van der Waals surface area contributed by atoms with Crippen LogP contribution in [0.25, 0.3) is 0 Å². The van der Waals surface area contributed by atoms with Crippen molar-refractivity contribution in [2.45, 2.75) is 0 Å². The Morgan fingerprint density at radius 3 is 2.94 bits per heavy atom. The molecule has 1 heterocycles. The van der Waals surface area contributed by atoms with E-state index in [0.717, 1.165) is 17.8 Å². The highest BCUT2D eigenvalue weighted by Crippen LogP contribution is 2.25. The lowest BCUT2D eigenvalue weighted by Crippen LogP contribution is -2.26. The van der Waals surface area contributed by atoms with E-state index in [0.29, 0.717) is 16.7 Å². The molecule has 1 aromatic carbocycles. The number of nitrogens with zero attached hydrogens (tertiary/aromatic N) is 1. The number of hydrogen-bond acceptors (Lipinski definition) is 3. The molecular weight excluding hydrogens is 247 g/mol. The van der Waals surface area contributed by atoms with Gasteiger partial charge in [0.25, 0.3) is 0 Å². The quantitative estimate of drug-likeness (QED) is 0.905. The van der Waals surface area contributed by atoms with Crippen molar-refractivity contribution in [3.05, 3.63) is 33.8 Å². The Balaban J connectivity index is 2.26. The van der Waals surface area contributed by atoms with Gasteiger partial charge in [-0.15, -0.1) is 0 Å². The van der Waals surface area contributed by atoms with E-state index in [1.165, 1.54) is 0 Å². The Morgan fingerprint density at radius 1 is 1.44 bits per heavy atom. The maximum Gasteiger partial charge on any atom is 0.126 e. The summed E-state index contributed by atoms with van der Waals surface area (Å²) in [6.45, 7) is 1.44. The van der Waals surface area contributed by atoms with E-state index < -0.39 is 0 Å². The third-order valence-corrected chi connectivity index (χ3v) is 3.23. The molecule has 1 aromatic rings. The molecule has 0 saturated heterocycles. The molecule has 1 atom stereocenters. The average Bonchev–Trinajstić information content (AvgIpc) is 2.71. The molecule has 1 aliphatic heterocycles. The zero-order chi connectivity index (χ0) is 11.5. The maximum absolute atomic E-state index is 5.97. The van der Waals surface area contributed by atoms with E-state index in [4.69, 9.17) is 28.0 Å². The van der Waals surface area contributed by atoms with E-state index in [-0.39, 0.29) is 5.92 Å². The van der Waals surface area contributed by atoms with E-state index in [1.54, 1.807) is 6.07 Å². The topological polar surface area (TPSA) is 33.6 Å². The first-order valence-corrected chi connectivity index (χ1v) is 5.78. The zero-order valence-electron chi connectivity index (χ0n) is 8.84. The second kappa shape index (κ2) is 5.04. The van der Waals surface area contributed by atoms with Crippen LogP contribution < -0.4 is 5.32 Å². The number of oxime groups is 1. The molecule has 0 fully saturated rings. The summed E-state index contributed by atoms with van der Waals surface area (Å²) in [5, 5.41) is 8.26. The van der Waals surface area contributed by atoms with E-state index in [2.05, 4.69) is 10.5 Å². The molecule has 3 nitrogen and oxygen atoms in total. The van der Waals surface area contributed by atoms with Crippen LogP contribution in [-0.2, 0) is 4.84 Å². The third-order valence-electron chi connectivity index (χ3n) is 2.49. The molecule has 0 aliphatic carbocycles. The molecule has 1 N–H and O–H groups in total. The molecular formula is C11H12Cl2N2O. The fourth-order valence-corrected chi connectivity index (χ4v) is 1.99. The van der Waals surface area contributed by atoms with Crippen molar-refractivity contribution in [2.75, 3.05) is 20.2 Å². The summed E-state index contributed by atoms with van der Waals surface area (Å²) < 4.78 is 0. The van der Waals surface area contributed by atoms with Gasteiger partial charge in [-0.05, 0) is 19.2 Å². The SMILES string of the molecule is CNCC1CON=C1c1ccc(Cl)c(Cl)c1. The Kier molecular flexibility index (Phi) is 3.69. The highest BCUT2D eigenvalue weighted by Gasteiger charge is 2.24. The predicted molar refractivity (Wildman–Crippen MR) is 66.4 cm³/mol. The van der Waals surface area contributed by atoms with Crippen LogP contribution in [0, 0.1) is 5.92 Å². The minimum absolute atomic E-state index is 0.266. The van der Waals surface area contributed by atoms with Gasteiger partial charge in [0.2, 0.25) is 0 Å². The molecule has 0 radical (unpaired) electrons. The van der Waals surface area contributed by atoms with Crippen molar-refractivity contribution < 1.29 is 4.84 Å². The molecule has 1 unspecified atom stereocenters. The van der Waals surface area contributed by atoms with Crippen molar-refractivity contribution in [1.29, 1.82) is 0 Å². The highest BCUT2D eigenvalue weighted by molar-refractivity contribution is 6.42. The van der Waals surface area contributed by atoms with Gasteiger partial charge in [0.1, 0.15) is 6.61 Å². The van der Waals surface area contributed by atoms with Crippen LogP contribution in [0.2, 0.25) is 10.0 Å². The van der Waals surface area contributed by atoms with Gasteiger partial charge in [-0.25, -0.2) is 0 Å². The fourth-order valence-electron chi connectivity index (χ4n) is 1.70. The second-order valence-electron chi connectivity index (χ2n) is 3.66. The number of hydrogen-bond donors (Lipinski definition) is 1. The lowest BCUT2D eigenvalue weighted by molar-refractivity contribution is 0.154. The van der Waals surface area contributed by atoms with Crippen molar-refractivity contribution in [3.63, 3.8) is 0 Å². The average molecular weight is 259 g/mol. The molecule has 2 rings (SSSR count). The summed E-state index contributed by atoms with van der Waals surface area (Å²) in [5.41, 5.74) is 1.89. The lowest BCUT2D eigenvalue weighted by atomic mass is 9.98. The maximum atomic E-state index is 5.97. The van der Waals surface area contributed by atoms with Gasteiger partial charge in [0, 0.05) is 12.1 Å². The van der Waals surface area contributed by atoms with Gasteiger partial charge in [-0.3, -0.25) is 0 Å². The van der Waals surface area contributed by atoms with Crippen LogP contribution in [0.4, 0.5) is 0 Å². The molecule has 0 amide bonds. The van der Waals surface area contributed by atoms with Gasteiger partial charge in [-0.2, -0.15) is 0 Å². The fraction of sp³-hybridized carbons (Fsp3) is 0.364. The van der Waals surface area contributed by atoms with Crippen molar-refractivity contribution in [2.24, 2.45) is 11.1 Å². The van der Waals surface area contributed by atoms with Gasteiger partial charge < -0.3 is 10.2 Å². The van der Waals surface area contributed by atoms with Crippen LogP contribution >= 0.6 is 23.2 Å². The van der Waals surface area contributed by atoms with Gasteiger partial charge in [0.15, 0.2) is 0 Å². The zero-order valence-corrected chi connectivity index (χ0v) is 10.3. The van der Waals surface area contributed by atoms with Gasteiger partial charge >= 0.3 is 0 Å². The smallest absolute Gasteiger partial charge is 0.126 e. The Bertz CT molecular complexity index is 420. The molecule has 0 saturated carbocycles. The standard InChI is InChI=1S/C11H12Cl2N2O/c1-14-5-8-6-16-15-11(8)7-2-3-9(12)10(13)4-7/h2-4,8,14H,5-6H2,1H3. The minimum Gasteiger partial charge on any atom is -0.395 e. The van der Waals surface area contributed by atoms with E-state index in [9.17, 15) is 0 Å². The summed E-state index contributed by atoms with van der Waals surface area (Å²) in [6.07, 6.45) is 0. The molecule has 0 spiro atoms. The van der Waals surface area contributed by atoms with Crippen molar-refractivity contribution in [3.8, 4) is 0 Å². The molecule has 1 aliphatic rings. The van der Waals surface area contributed by atoms with E-state index in [1.807, 2.05) is 19.2 Å². The van der Waals surface area contributed by atoms with Crippen LogP contribution in [0.5, 0.6) is 0 Å².